The summed E-state index contributed by atoms with van der Waals surface area (Å²) in [6.07, 6.45) is 0.638. The zero-order valence-electron chi connectivity index (χ0n) is 17.8. The maximum absolute atomic E-state index is 13.4. The molecule has 0 unspecified atom stereocenters. The molecule has 31 heavy (non-hydrogen) atoms. The van der Waals surface area contributed by atoms with Crippen LogP contribution in [0.15, 0.2) is 78.9 Å². The number of nitrogens with zero attached hydrogens (tertiary/aromatic N) is 3. The molecule has 0 saturated heterocycles. The summed E-state index contributed by atoms with van der Waals surface area (Å²) in [6.45, 7) is 4.97. The van der Waals surface area contributed by atoms with E-state index >= 15 is 0 Å². The van der Waals surface area contributed by atoms with Crippen molar-refractivity contribution in [2.24, 2.45) is 0 Å². The average Bonchev–Trinajstić information content (AvgIpc) is 3.11. The predicted octanol–water partition coefficient (Wildman–Crippen LogP) is 5.72. The average molecular weight is 432 g/mol. The summed E-state index contributed by atoms with van der Waals surface area (Å²) in [4.78, 5) is 20.2. The molecule has 0 fully saturated rings. The number of para-hydroxylation sites is 2. The Hall–Kier alpha value is -3.11. The van der Waals surface area contributed by atoms with E-state index in [-0.39, 0.29) is 18.5 Å². The molecule has 0 saturated carbocycles. The van der Waals surface area contributed by atoms with Crippen molar-refractivity contribution in [3.63, 3.8) is 0 Å². The first-order valence-electron chi connectivity index (χ1n) is 10.5. The van der Waals surface area contributed by atoms with Gasteiger partial charge in [0.1, 0.15) is 12.4 Å². The Balaban J connectivity index is 1.64. The Kier molecular flexibility index (Phi) is 6.38. The topological polar surface area (TPSA) is 38.1 Å². The lowest BCUT2D eigenvalue weighted by molar-refractivity contribution is -0.134. The lowest BCUT2D eigenvalue weighted by atomic mass is 10.1. The molecule has 0 aliphatic rings. The van der Waals surface area contributed by atoms with E-state index in [0.29, 0.717) is 18.0 Å². The van der Waals surface area contributed by atoms with Gasteiger partial charge in [0.25, 0.3) is 0 Å². The van der Waals surface area contributed by atoms with Crippen molar-refractivity contribution >= 4 is 28.5 Å². The monoisotopic (exact) mass is 431 g/mol. The number of fused-ring (bicyclic) bond motifs is 1. The number of rotatable bonds is 7. The van der Waals surface area contributed by atoms with E-state index in [9.17, 15) is 4.79 Å². The van der Waals surface area contributed by atoms with Gasteiger partial charge in [0, 0.05) is 24.0 Å². The SMILES string of the molecule is CC(C)N(Cc1ccccc1)C(=O)Cn1c(Cc2ccc(Cl)cc2)nc2ccccc21. The summed E-state index contributed by atoms with van der Waals surface area (Å²) in [7, 11) is 0. The van der Waals surface area contributed by atoms with Gasteiger partial charge in [-0.2, -0.15) is 0 Å². The molecule has 0 atom stereocenters. The molecule has 0 aliphatic carbocycles. The summed E-state index contributed by atoms with van der Waals surface area (Å²) in [5, 5.41) is 0.709. The van der Waals surface area contributed by atoms with E-state index in [4.69, 9.17) is 16.6 Å². The summed E-state index contributed by atoms with van der Waals surface area (Å²) >= 11 is 6.04. The molecule has 0 spiro atoms. The van der Waals surface area contributed by atoms with Gasteiger partial charge < -0.3 is 9.47 Å². The second-order valence-corrected chi connectivity index (χ2v) is 8.44. The first-order valence-corrected chi connectivity index (χ1v) is 10.9. The molecule has 0 radical (unpaired) electrons. The van der Waals surface area contributed by atoms with Crippen LogP contribution in [-0.4, -0.2) is 26.4 Å². The molecule has 1 amide bonds. The molecule has 1 heterocycles. The van der Waals surface area contributed by atoms with Gasteiger partial charge >= 0.3 is 0 Å². The smallest absolute Gasteiger partial charge is 0.243 e. The second-order valence-electron chi connectivity index (χ2n) is 8.01. The number of hydrogen-bond donors (Lipinski definition) is 0. The number of aromatic nitrogens is 2. The van der Waals surface area contributed by atoms with Gasteiger partial charge in [-0.15, -0.1) is 0 Å². The standard InChI is InChI=1S/C26H26ClN3O/c1-19(2)29(17-21-8-4-3-5-9-21)26(31)18-30-24-11-7-6-10-23(24)28-25(30)16-20-12-14-22(27)15-13-20/h3-15,19H,16-18H2,1-2H3. The summed E-state index contributed by atoms with van der Waals surface area (Å²) in [5.41, 5.74) is 4.11. The first-order chi connectivity index (χ1) is 15.0. The van der Waals surface area contributed by atoms with Gasteiger partial charge in [-0.1, -0.05) is 66.2 Å². The first kappa shape index (κ1) is 21.1. The number of carbonyl (C=O) groups is 1. The van der Waals surface area contributed by atoms with Crippen LogP contribution in [0.2, 0.25) is 5.02 Å². The van der Waals surface area contributed by atoms with Crippen molar-refractivity contribution in [3.05, 3.63) is 101 Å². The van der Waals surface area contributed by atoms with E-state index in [0.717, 1.165) is 28.0 Å². The number of carbonyl (C=O) groups excluding carboxylic acids is 1. The number of halogens is 1. The third kappa shape index (κ3) is 4.97. The highest BCUT2D eigenvalue weighted by Gasteiger charge is 2.21. The molecule has 4 rings (SSSR count). The minimum absolute atomic E-state index is 0.0827. The van der Waals surface area contributed by atoms with Crippen LogP contribution in [0, 0.1) is 0 Å². The zero-order valence-corrected chi connectivity index (χ0v) is 18.6. The van der Waals surface area contributed by atoms with Crippen molar-refractivity contribution in [2.75, 3.05) is 0 Å². The molecular formula is C26H26ClN3O. The Morgan fingerprint density at radius 2 is 1.61 bits per heavy atom. The van der Waals surface area contributed by atoms with E-state index in [2.05, 4.69) is 26.0 Å². The highest BCUT2D eigenvalue weighted by atomic mass is 35.5. The fourth-order valence-electron chi connectivity index (χ4n) is 3.79. The third-order valence-electron chi connectivity index (χ3n) is 5.44. The number of imidazole rings is 1. The number of hydrogen-bond acceptors (Lipinski definition) is 2. The maximum atomic E-state index is 13.4. The van der Waals surface area contributed by atoms with Crippen LogP contribution in [0.3, 0.4) is 0 Å². The van der Waals surface area contributed by atoms with Crippen LogP contribution in [-0.2, 0) is 24.3 Å². The van der Waals surface area contributed by atoms with Crippen molar-refractivity contribution in [1.82, 2.24) is 14.5 Å². The van der Waals surface area contributed by atoms with Gasteiger partial charge in [0.15, 0.2) is 0 Å². The quantitative estimate of drug-likeness (QED) is 0.375. The van der Waals surface area contributed by atoms with Crippen LogP contribution < -0.4 is 0 Å². The van der Waals surface area contributed by atoms with Gasteiger partial charge in [-0.05, 0) is 49.2 Å². The normalized spacial score (nSPS) is 11.2. The Labute approximate surface area is 188 Å². The van der Waals surface area contributed by atoms with Crippen molar-refractivity contribution in [3.8, 4) is 0 Å². The van der Waals surface area contributed by atoms with Gasteiger partial charge in [-0.25, -0.2) is 4.98 Å². The molecule has 0 bridgehead atoms. The van der Waals surface area contributed by atoms with Crippen LogP contribution in [0.4, 0.5) is 0 Å². The highest BCUT2D eigenvalue weighted by molar-refractivity contribution is 6.30. The molecule has 4 aromatic rings. The zero-order chi connectivity index (χ0) is 21.8. The molecular weight excluding hydrogens is 406 g/mol. The fraction of sp³-hybridized carbons (Fsp3) is 0.231. The predicted molar refractivity (Wildman–Crippen MR) is 126 cm³/mol. The summed E-state index contributed by atoms with van der Waals surface area (Å²) in [5.74, 6) is 0.958. The Bertz CT molecular complexity index is 1170. The van der Waals surface area contributed by atoms with E-state index < -0.39 is 0 Å². The van der Waals surface area contributed by atoms with Crippen LogP contribution in [0.25, 0.3) is 11.0 Å². The molecule has 0 N–H and O–H groups in total. The fourth-order valence-corrected chi connectivity index (χ4v) is 3.91. The lowest BCUT2D eigenvalue weighted by Crippen LogP contribution is -2.38. The van der Waals surface area contributed by atoms with Gasteiger partial charge in [-0.3, -0.25) is 4.79 Å². The lowest BCUT2D eigenvalue weighted by Gasteiger charge is -2.27. The molecule has 4 nitrogen and oxygen atoms in total. The van der Waals surface area contributed by atoms with E-state index in [1.54, 1.807) is 0 Å². The molecule has 0 aliphatic heterocycles. The van der Waals surface area contributed by atoms with Crippen molar-refractivity contribution in [2.45, 2.75) is 39.4 Å². The largest absolute Gasteiger partial charge is 0.334 e. The molecule has 158 valence electrons. The van der Waals surface area contributed by atoms with E-state index in [1.165, 1.54) is 0 Å². The number of benzene rings is 3. The summed E-state index contributed by atoms with van der Waals surface area (Å²) < 4.78 is 2.05. The van der Waals surface area contributed by atoms with Crippen molar-refractivity contribution in [1.29, 1.82) is 0 Å². The Morgan fingerprint density at radius 1 is 0.935 bits per heavy atom. The van der Waals surface area contributed by atoms with Gasteiger partial charge in [0.05, 0.1) is 11.0 Å². The van der Waals surface area contributed by atoms with Crippen LogP contribution >= 0.6 is 11.6 Å². The van der Waals surface area contributed by atoms with Crippen LogP contribution in [0.1, 0.15) is 30.8 Å². The van der Waals surface area contributed by atoms with Gasteiger partial charge in [0.2, 0.25) is 5.91 Å². The minimum Gasteiger partial charge on any atom is -0.334 e. The maximum Gasteiger partial charge on any atom is 0.243 e. The molecule has 5 heteroatoms. The third-order valence-corrected chi connectivity index (χ3v) is 5.69. The Morgan fingerprint density at radius 3 is 2.32 bits per heavy atom. The van der Waals surface area contributed by atoms with Crippen molar-refractivity contribution < 1.29 is 4.79 Å². The summed E-state index contributed by atoms with van der Waals surface area (Å²) in [6, 6.07) is 26.0. The highest BCUT2D eigenvalue weighted by Crippen LogP contribution is 2.21. The second kappa shape index (κ2) is 9.36. The molecule has 1 aromatic heterocycles. The minimum atomic E-state index is 0.0827. The van der Waals surface area contributed by atoms with E-state index in [1.807, 2.05) is 76.2 Å². The molecule has 3 aromatic carbocycles. The van der Waals surface area contributed by atoms with Crippen LogP contribution in [0.5, 0.6) is 0 Å². The number of amides is 1.